The first-order valence-electron chi connectivity index (χ1n) is 12.5. The zero-order valence-electron chi connectivity index (χ0n) is 20.3. The maximum atomic E-state index is 14.2. The topological polar surface area (TPSA) is 58.6 Å². The van der Waals surface area contributed by atoms with E-state index in [1.165, 1.54) is 0 Å². The van der Waals surface area contributed by atoms with Crippen molar-refractivity contribution in [3.63, 3.8) is 0 Å². The Kier molecular flexibility index (Phi) is 7.01. The highest BCUT2D eigenvalue weighted by Crippen LogP contribution is 2.41. The molecule has 0 radical (unpaired) electrons. The van der Waals surface area contributed by atoms with Crippen LogP contribution in [0.2, 0.25) is 0 Å². The molecule has 0 saturated heterocycles. The SMILES string of the molecule is C[C@@H](NCCCC1CC(c2cccc(C(=O)O)c2)c2ccccc2O1)c1ccc(F)c2ccccc12. The van der Waals surface area contributed by atoms with Gasteiger partial charge in [-0.2, -0.15) is 0 Å². The Balaban J connectivity index is 1.24. The van der Waals surface area contributed by atoms with E-state index in [1.54, 1.807) is 18.2 Å². The summed E-state index contributed by atoms with van der Waals surface area (Å²) in [5.41, 5.74) is 3.50. The number of hydrogen-bond donors (Lipinski definition) is 2. The summed E-state index contributed by atoms with van der Waals surface area (Å²) in [5, 5.41) is 14.6. The van der Waals surface area contributed by atoms with Crippen LogP contribution in [0.15, 0.2) is 84.9 Å². The molecule has 36 heavy (non-hydrogen) atoms. The van der Waals surface area contributed by atoms with Gasteiger partial charge in [0.05, 0.1) is 11.7 Å². The summed E-state index contributed by atoms with van der Waals surface area (Å²) < 4.78 is 20.5. The van der Waals surface area contributed by atoms with Crippen LogP contribution >= 0.6 is 0 Å². The number of benzene rings is 4. The average molecular weight is 484 g/mol. The van der Waals surface area contributed by atoms with Crippen LogP contribution < -0.4 is 10.1 Å². The third-order valence-electron chi connectivity index (χ3n) is 7.15. The molecule has 184 valence electrons. The van der Waals surface area contributed by atoms with Crippen molar-refractivity contribution >= 4 is 16.7 Å². The Morgan fingerprint density at radius 1 is 1.03 bits per heavy atom. The van der Waals surface area contributed by atoms with Gasteiger partial charge in [0.2, 0.25) is 0 Å². The second kappa shape index (κ2) is 10.5. The number of halogens is 1. The molecule has 0 spiro atoms. The van der Waals surface area contributed by atoms with Crippen molar-refractivity contribution in [2.45, 2.75) is 44.2 Å². The second-order valence-electron chi connectivity index (χ2n) is 9.50. The van der Waals surface area contributed by atoms with Crippen LogP contribution in [0.3, 0.4) is 0 Å². The van der Waals surface area contributed by atoms with Crippen molar-refractivity contribution in [2.24, 2.45) is 0 Å². The lowest BCUT2D eigenvalue weighted by molar-refractivity contribution is 0.0696. The van der Waals surface area contributed by atoms with E-state index >= 15 is 0 Å². The highest BCUT2D eigenvalue weighted by atomic mass is 19.1. The number of hydrogen-bond acceptors (Lipinski definition) is 3. The number of carboxylic acids is 1. The summed E-state index contributed by atoms with van der Waals surface area (Å²) in [4.78, 5) is 11.5. The molecule has 1 heterocycles. The monoisotopic (exact) mass is 483 g/mol. The first-order chi connectivity index (χ1) is 17.5. The molecule has 5 rings (SSSR count). The smallest absolute Gasteiger partial charge is 0.335 e. The fourth-order valence-corrected chi connectivity index (χ4v) is 5.30. The van der Waals surface area contributed by atoms with Crippen LogP contribution in [0.25, 0.3) is 10.8 Å². The molecule has 4 aromatic carbocycles. The molecular weight excluding hydrogens is 453 g/mol. The minimum absolute atomic E-state index is 0.0436. The van der Waals surface area contributed by atoms with Gasteiger partial charge in [-0.15, -0.1) is 0 Å². The highest BCUT2D eigenvalue weighted by Gasteiger charge is 2.29. The van der Waals surface area contributed by atoms with Gasteiger partial charge in [0, 0.05) is 22.9 Å². The molecule has 0 amide bonds. The number of aromatic carboxylic acids is 1. The second-order valence-corrected chi connectivity index (χ2v) is 9.50. The fourth-order valence-electron chi connectivity index (χ4n) is 5.30. The third-order valence-corrected chi connectivity index (χ3v) is 7.15. The van der Waals surface area contributed by atoms with Gasteiger partial charge in [0.1, 0.15) is 11.6 Å². The zero-order valence-corrected chi connectivity index (χ0v) is 20.3. The number of ether oxygens (including phenoxy) is 1. The van der Waals surface area contributed by atoms with Gasteiger partial charge in [-0.1, -0.05) is 60.7 Å². The van der Waals surface area contributed by atoms with Gasteiger partial charge in [-0.25, -0.2) is 9.18 Å². The van der Waals surface area contributed by atoms with Crippen LogP contribution in [-0.4, -0.2) is 23.7 Å². The molecule has 0 aromatic heterocycles. The minimum atomic E-state index is -0.914. The normalized spacial score (nSPS) is 17.8. The Bertz CT molecular complexity index is 1390. The predicted molar refractivity (Wildman–Crippen MR) is 140 cm³/mol. The van der Waals surface area contributed by atoms with Crippen LogP contribution in [0.1, 0.15) is 65.2 Å². The van der Waals surface area contributed by atoms with E-state index in [-0.39, 0.29) is 23.9 Å². The maximum absolute atomic E-state index is 14.2. The molecule has 4 nitrogen and oxygen atoms in total. The first-order valence-corrected chi connectivity index (χ1v) is 12.5. The first kappa shape index (κ1) is 24.0. The van der Waals surface area contributed by atoms with Crippen molar-refractivity contribution in [3.8, 4) is 5.75 Å². The molecule has 2 N–H and O–H groups in total. The number of fused-ring (bicyclic) bond motifs is 2. The van der Waals surface area contributed by atoms with Gasteiger partial charge >= 0.3 is 5.97 Å². The third kappa shape index (κ3) is 4.98. The number of carbonyl (C=O) groups is 1. The van der Waals surface area contributed by atoms with E-state index in [0.29, 0.717) is 10.9 Å². The standard InChI is InChI=1S/C31H30FNO3/c1-20(24-15-16-29(32)26-12-3-2-11-25(24)26)33-17-7-10-23-19-28(27-13-4-5-14-30(27)36-23)21-8-6-9-22(18-21)31(34)35/h2-6,8-9,11-16,18,20,23,28,33H,7,10,17,19H2,1H3,(H,34,35)/t20-,23?,28?/m1/s1. The molecule has 0 bridgehead atoms. The Morgan fingerprint density at radius 3 is 2.64 bits per heavy atom. The molecule has 3 atom stereocenters. The van der Waals surface area contributed by atoms with Crippen molar-refractivity contribution in [2.75, 3.05) is 6.54 Å². The summed E-state index contributed by atoms with van der Waals surface area (Å²) in [6.07, 6.45) is 2.66. The van der Waals surface area contributed by atoms with Crippen molar-refractivity contribution in [1.29, 1.82) is 0 Å². The van der Waals surface area contributed by atoms with Crippen molar-refractivity contribution in [3.05, 3.63) is 113 Å². The predicted octanol–water partition coefficient (Wildman–Crippen LogP) is 7.09. The van der Waals surface area contributed by atoms with E-state index in [1.807, 2.05) is 60.7 Å². The molecular formula is C31H30FNO3. The summed E-state index contributed by atoms with van der Waals surface area (Å²) in [5.74, 6) is -0.141. The van der Waals surface area contributed by atoms with E-state index in [0.717, 1.165) is 53.6 Å². The Hall–Kier alpha value is -3.70. The van der Waals surface area contributed by atoms with E-state index in [9.17, 15) is 14.3 Å². The van der Waals surface area contributed by atoms with Gasteiger partial charge in [-0.3, -0.25) is 0 Å². The number of carboxylic acid groups (broad SMARTS) is 1. The number of nitrogens with one attached hydrogen (secondary N) is 1. The molecule has 0 aliphatic carbocycles. The zero-order chi connectivity index (χ0) is 25.1. The number of para-hydroxylation sites is 1. The summed E-state index contributed by atoms with van der Waals surface area (Å²) in [6, 6.07) is 26.4. The summed E-state index contributed by atoms with van der Waals surface area (Å²) >= 11 is 0. The fraction of sp³-hybridized carbons (Fsp3) is 0.258. The largest absolute Gasteiger partial charge is 0.490 e. The van der Waals surface area contributed by atoms with Gasteiger partial charge in [0.15, 0.2) is 0 Å². The lowest BCUT2D eigenvalue weighted by Crippen LogP contribution is -2.28. The van der Waals surface area contributed by atoms with E-state index < -0.39 is 5.97 Å². The van der Waals surface area contributed by atoms with E-state index in [4.69, 9.17) is 4.74 Å². The molecule has 1 aliphatic heterocycles. The maximum Gasteiger partial charge on any atom is 0.335 e. The summed E-state index contributed by atoms with van der Waals surface area (Å²) in [6.45, 7) is 2.92. The van der Waals surface area contributed by atoms with Gasteiger partial charge in [-0.05, 0) is 73.5 Å². The van der Waals surface area contributed by atoms with Gasteiger partial charge < -0.3 is 15.2 Å². The summed E-state index contributed by atoms with van der Waals surface area (Å²) in [7, 11) is 0. The van der Waals surface area contributed by atoms with Crippen LogP contribution in [0.4, 0.5) is 4.39 Å². The van der Waals surface area contributed by atoms with E-state index in [2.05, 4.69) is 18.3 Å². The minimum Gasteiger partial charge on any atom is -0.490 e. The quantitative estimate of drug-likeness (QED) is 0.263. The molecule has 1 aliphatic rings. The molecule has 0 saturated carbocycles. The highest BCUT2D eigenvalue weighted by molar-refractivity contribution is 5.88. The van der Waals surface area contributed by atoms with Crippen molar-refractivity contribution < 1.29 is 19.0 Å². The van der Waals surface area contributed by atoms with Crippen LogP contribution in [0.5, 0.6) is 5.75 Å². The van der Waals surface area contributed by atoms with Crippen LogP contribution in [0, 0.1) is 5.82 Å². The molecule has 5 heteroatoms. The lowest BCUT2D eigenvalue weighted by Gasteiger charge is -2.33. The Labute approximate surface area is 210 Å². The molecule has 0 fully saturated rings. The van der Waals surface area contributed by atoms with Crippen molar-refractivity contribution in [1.82, 2.24) is 5.32 Å². The Morgan fingerprint density at radius 2 is 1.81 bits per heavy atom. The van der Waals surface area contributed by atoms with Gasteiger partial charge in [0.25, 0.3) is 0 Å². The molecule has 2 unspecified atom stereocenters. The lowest BCUT2D eigenvalue weighted by atomic mass is 9.83. The molecule has 4 aromatic rings. The number of rotatable bonds is 8. The average Bonchev–Trinajstić information content (AvgIpc) is 2.91. The van der Waals surface area contributed by atoms with Crippen LogP contribution in [-0.2, 0) is 0 Å².